The van der Waals surface area contributed by atoms with E-state index >= 15 is 0 Å². The Morgan fingerprint density at radius 2 is 2.09 bits per heavy atom. The Morgan fingerprint density at radius 3 is 2.70 bits per heavy atom. The lowest BCUT2D eigenvalue weighted by Crippen LogP contribution is -2.48. The van der Waals surface area contributed by atoms with Crippen molar-refractivity contribution >= 4 is 17.7 Å². The highest BCUT2D eigenvalue weighted by Crippen LogP contribution is 2.23. The van der Waals surface area contributed by atoms with E-state index in [4.69, 9.17) is 10.5 Å². The molecule has 2 rings (SSSR count). The molecule has 0 radical (unpaired) electrons. The van der Waals surface area contributed by atoms with E-state index in [0.717, 1.165) is 38.3 Å². The van der Waals surface area contributed by atoms with Crippen molar-refractivity contribution in [1.29, 1.82) is 0 Å². The van der Waals surface area contributed by atoms with Gasteiger partial charge in [0.1, 0.15) is 12.4 Å². The minimum atomic E-state index is 0.0475. The van der Waals surface area contributed by atoms with Crippen molar-refractivity contribution in [3.8, 4) is 5.75 Å². The number of carbonyl (C=O) groups is 1. The van der Waals surface area contributed by atoms with Crippen LogP contribution in [0.4, 0.5) is 5.69 Å². The summed E-state index contributed by atoms with van der Waals surface area (Å²) in [4.78, 5) is 16.4. The Balaban J connectivity index is 1.93. The molecular formula is C18H25N3O2. The number of nitrogens with two attached hydrogens (primary N) is 1. The molecule has 1 aliphatic heterocycles. The minimum absolute atomic E-state index is 0.0475. The van der Waals surface area contributed by atoms with E-state index < -0.39 is 0 Å². The molecule has 1 aromatic carbocycles. The second kappa shape index (κ2) is 8.39. The van der Waals surface area contributed by atoms with Gasteiger partial charge in [-0.05, 0) is 30.3 Å². The van der Waals surface area contributed by atoms with Crippen molar-refractivity contribution in [2.75, 3.05) is 45.1 Å². The molecule has 5 heteroatoms. The van der Waals surface area contributed by atoms with Gasteiger partial charge in [-0.3, -0.25) is 4.79 Å². The number of amides is 1. The highest BCUT2D eigenvalue weighted by atomic mass is 16.5. The Morgan fingerprint density at radius 1 is 1.35 bits per heavy atom. The highest BCUT2D eigenvalue weighted by Gasteiger charge is 2.18. The number of benzene rings is 1. The molecule has 1 aromatic rings. The van der Waals surface area contributed by atoms with Crippen molar-refractivity contribution in [2.24, 2.45) is 0 Å². The van der Waals surface area contributed by atoms with Gasteiger partial charge < -0.3 is 20.3 Å². The first-order valence-electron chi connectivity index (χ1n) is 7.96. The van der Waals surface area contributed by atoms with Crippen LogP contribution in [0.2, 0.25) is 0 Å². The molecule has 0 bridgehead atoms. The molecule has 1 heterocycles. The van der Waals surface area contributed by atoms with Crippen LogP contribution < -0.4 is 10.5 Å². The monoisotopic (exact) mass is 315 g/mol. The lowest BCUT2D eigenvalue weighted by atomic mass is 10.1. The molecule has 0 saturated carbocycles. The molecule has 0 aromatic heterocycles. The third kappa shape index (κ3) is 4.86. The van der Waals surface area contributed by atoms with Gasteiger partial charge in [-0.25, -0.2) is 0 Å². The van der Waals surface area contributed by atoms with Gasteiger partial charge >= 0.3 is 0 Å². The van der Waals surface area contributed by atoms with Crippen molar-refractivity contribution in [1.82, 2.24) is 9.80 Å². The summed E-state index contributed by atoms with van der Waals surface area (Å²) < 4.78 is 5.44. The average molecular weight is 315 g/mol. The van der Waals surface area contributed by atoms with Gasteiger partial charge in [-0.15, -0.1) is 0 Å². The molecule has 1 aliphatic rings. The fourth-order valence-corrected chi connectivity index (χ4v) is 2.51. The van der Waals surface area contributed by atoms with Crippen molar-refractivity contribution in [3.63, 3.8) is 0 Å². The smallest absolute Gasteiger partial charge is 0.246 e. The van der Waals surface area contributed by atoms with Gasteiger partial charge in [0.25, 0.3) is 0 Å². The molecule has 0 spiro atoms. The lowest BCUT2D eigenvalue weighted by molar-refractivity contribution is -0.127. The number of ether oxygens (including phenoxy) is 1. The number of hydrogen-bond acceptors (Lipinski definition) is 4. The summed E-state index contributed by atoms with van der Waals surface area (Å²) in [5.74, 6) is 0.676. The van der Waals surface area contributed by atoms with E-state index in [0.29, 0.717) is 18.0 Å². The van der Waals surface area contributed by atoms with Crippen LogP contribution in [0, 0.1) is 0 Å². The largest absolute Gasteiger partial charge is 0.487 e. The molecule has 2 N–H and O–H groups in total. The zero-order valence-corrected chi connectivity index (χ0v) is 13.7. The Bertz CT molecular complexity index is 576. The third-order valence-corrected chi connectivity index (χ3v) is 3.94. The second-order valence-electron chi connectivity index (χ2n) is 5.49. The maximum absolute atomic E-state index is 12.2. The van der Waals surface area contributed by atoms with E-state index in [1.807, 2.05) is 17.0 Å². The molecular weight excluding hydrogens is 290 g/mol. The molecule has 1 amide bonds. The summed E-state index contributed by atoms with van der Waals surface area (Å²) in [5.41, 5.74) is 7.38. The molecule has 23 heavy (non-hydrogen) atoms. The molecule has 5 nitrogen and oxygen atoms in total. The maximum atomic E-state index is 12.2. The average Bonchev–Trinajstić information content (AvgIpc) is 2.59. The first-order chi connectivity index (χ1) is 11.1. The summed E-state index contributed by atoms with van der Waals surface area (Å²) >= 11 is 0. The predicted molar refractivity (Wildman–Crippen MR) is 94.3 cm³/mol. The number of rotatable bonds is 6. The summed E-state index contributed by atoms with van der Waals surface area (Å²) in [6.45, 7) is 10.7. The number of anilines is 1. The Hall–Kier alpha value is -2.27. The summed E-state index contributed by atoms with van der Waals surface area (Å²) in [7, 11) is 0. The summed E-state index contributed by atoms with van der Waals surface area (Å²) in [5, 5.41) is 0. The van der Waals surface area contributed by atoms with E-state index in [-0.39, 0.29) is 5.91 Å². The SMILES string of the molecule is C=CCOc1ccc(/C=C\C(=O)N2CCN(CC)CC2)cc1N. The number of hydrogen-bond donors (Lipinski definition) is 1. The van der Waals surface area contributed by atoms with Gasteiger partial charge in [0.15, 0.2) is 0 Å². The maximum Gasteiger partial charge on any atom is 0.246 e. The lowest BCUT2D eigenvalue weighted by Gasteiger charge is -2.33. The normalized spacial score (nSPS) is 15.8. The summed E-state index contributed by atoms with van der Waals surface area (Å²) in [6.07, 6.45) is 5.08. The highest BCUT2D eigenvalue weighted by molar-refractivity contribution is 5.92. The minimum Gasteiger partial charge on any atom is -0.487 e. The Kier molecular flexibility index (Phi) is 6.23. The van der Waals surface area contributed by atoms with Gasteiger partial charge in [0, 0.05) is 32.3 Å². The number of nitrogens with zero attached hydrogens (tertiary/aromatic N) is 2. The van der Waals surface area contributed by atoms with Gasteiger partial charge in [0.05, 0.1) is 5.69 Å². The third-order valence-electron chi connectivity index (χ3n) is 3.94. The number of nitrogen functional groups attached to an aromatic ring is 1. The molecule has 0 unspecified atom stereocenters. The van der Waals surface area contributed by atoms with Crippen LogP contribution >= 0.6 is 0 Å². The molecule has 124 valence electrons. The zero-order valence-electron chi connectivity index (χ0n) is 13.7. The molecule has 0 atom stereocenters. The van der Waals surface area contributed by atoms with E-state index in [9.17, 15) is 4.79 Å². The van der Waals surface area contributed by atoms with Gasteiger partial charge in [-0.1, -0.05) is 25.6 Å². The first kappa shape index (κ1) is 17.1. The second-order valence-corrected chi connectivity index (χ2v) is 5.49. The quantitative estimate of drug-likeness (QED) is 0.496. The van der Waals surface area contributed by atoms with Crippen molar-refractivity contribution < 1.29 is 9.53 Å². The standard InChI is InChI=1S/C18H25N3O2/c1-3-13-23-17-7-5-15(14-16(17)19)6-8-18(22)21-11-9-20(4-2)10-12-21/h3,5-8,14H,1,4,9-13,19H2,2H3/b8-6-. The number of carbonyl (C=O) groups excluding carboxylic acids is 1. The fraction of sp³-hybridized carbons (Fsp3) is 0.389. The van der Waals surface area contributed by atoms with E-state index in [2.05, 4.69) is 18.4 Å². The van der Waals surface area contributed by atoms with E-state index in [1.54, 1.807) is 24.3 Å². The molecule has 1 saturated heterocycles. The van der Waals surface area contributed by atoms with Gasteiger partial charge in [-0.2, -0.15) is 0 Å². The topological polar surface area (TPSA) is 58.8 Å². The summed E-state index contributed by atoms with van der Waals surface area (Å²) in [6, 6.07) is 5.49. The molecule has 1 fully saturated rings. The number of piperazine rings is 1. The van der Waals surface area contributed by atoms with Crippen LogP contribution in [0.1, 0.15) is 12.5 Å². The van der Waals surface area contributed by atoms with Crippen LogP contribution in [0.3, 0.4) is 0 Å². The fourth-order valence-electron chi connectivity index (χ4n) is 2.51. The van der Waals surface area contributed by atoms with Crippen LogP contribution in [0.15, 0.2) is 36.9 Å². The number of likely N-dealkylation sites (N-methyl/N-ethyl adjacent to an activating group) is 1. The Labute approximate surface area is 138 Å². The van der Waals surface area contributed by atoms with Crippen LogP contribution in [-0.2, 0) is 4.79 Å². The van der Waals surface area contributed by atoms with Crippen molar-refractivity contribution in [2.45, 2.75) is 6.92 Å². The first-order valence-corrected chi connectivity index (χ1v) is 7.96. The predicted octanol–water partition coefficient (Wildman–Crippen LogP) is 2.01. The zero-order chi connectivity index (χ0) is 16.7. The van der Waals surface area contributed by atoms with Crippen LogP contribution in [-0.4, -0.2) is 55.0 Å². The van der Waals surface area contributed by atoms with E-state index in [1.165, 1.54) is 0 Å². The van der Waals surface area contributed by atoms with Crippen molar-refractivity contribution in [3.05, 3.63) is 42.5 Å². The van der Waals surface area contributed by atoms with Gasteiger partial charge in [0.2, 0.25) is 5.91 Å². The van der Waals surface area contributed by atoms with Crippen LogP contribution in [0.25, 0.3) is 6.08 Å². The van der Waals surface area contributed by atoms with Crippen LogP contribution in [0.5, 0.6) is 5.75 Å². The molecule has 0 aliphatic carbocycles.